The molecule has 2 aromatic rings. The van der Waals surface area contributed by atoms with E-state index in [2.05, 4.69) is 15.0 Å². The normalized spacial score (nSPS) is 10.2. The molecule has 0 unspecified atom stereocenters. The summed E-state index contributed by atoms with van der Waals surface area (Å²) in [5, 5.41) is 5.30. The minimum Gasteiger partial charge on any atom is -0.496 e. The maximum absolute atomic E-state index is 11.4. The van der Waals surface area contributed by atoms with Crippen LogP contribution in [0.25, 0.3) is 10.6 Å². The van der Waals surface area contributed by atoms with E-state index in [4.69, 9.17) is 4.74 Å². The molecule has 0 fully saturated rings. The van der Waals surface area contributed by atoms with Gasteiger partial charge in [0.05, 0.1) is 25.0 Å². The number of hydrogen-bond acceptors (Lipinski definition) is 6. The van der Waals surface area contributed by atoms with Crippen molar-refractivity contribution in [1.82, 2.24) is 10.3 Å². The average molecular weight is 334 g/mol. The number of benzene rings is 1. The highest BCUT2D eigenvalue weighted by Crippen LogP contribution is 2.31. The summed E-state index contributed by atoms with van der Waals surface area (Å²) in [4.78, 5) is 27.1. The first kappa shape index (κ1) is 17.0. The Labute approximate surface area is 138 Å². The molecule has 1 aromatic carbocycles. The van der Waals surface area contributed by atoms with Crippen molar-refractivity contribution in [3.05, 3.63) is 35.3 Å². The largest absolute Gasteiger partial charge is 0.496 e. The molecule has 0 radical (unpaired) electrons. The van der Waals surface area contributed by atoms with Crippen molar-refractivity contribution < 1.29 is 19.1 Å². The summed E-state index contributed by atoms with van der Waals surface area (Å²) >= 11 is 1.51. The fourth-order valence-electron chi connectivity index (χ4n) is 1.94. The Morgan fingerprint density at radius 1 is 1.30 bits per heavy atom. The van der Waals surface area contributed by atoms with Crippen LogP contribution in [0.15, 0.2) is 29.6 Å². The van der Waals surface area contributed by atoms with Gasteiger partial charge in [-0.1, -0.05) is 12.1 Å². The molecular formula is C16H18N2O4S. The topological polar surface area (TPSA) is 77.5 Å². The molecule has 0 saturated heterocycles. The van der Waals surface area contributed by atoms with E-state index in [0.717, 1.165) is 22.0 Å². The Balaban J connectivity index is 1.93. The van der Waals surface area contributed by atoms with E-state index in [-0.39, 0.29) is 6.61 Å². The van der Waals surface area contributed by atoms with Gasteiger partial charge < -0.3 is 14.8 Å². The lowest BCUT2D eigenvalue weighted by atomic mass is 10.2. The number of rotatable bonds is 6. The molecule has 0 atom stereocenters. The Hall–Kier alpha value is -2.41. The molecule has 2 rings (SSSR count). The van der Waals surface area contributed by atoms with Crippen LogP contribution in [-0.2, 0) is 20.7 Å². The zero-order valence-corrected chi connectivity index (χ0v) is 13.8. The summed E-state index contributed by atoms with van der Waals surface area (Å²) in [6.45, 7) is 2.16. The van der Waals surface area contributed by atoms with Crippen molar-refractivity contribution in [3.63, 3.8) is 0 Å². The minimum atomic E-state index is -0.861. The molecule has 1 N–H and O–H groups in total. The van der Waals surface area contributed by atoms with Crippen LogP contribution in [0, 0.1) is 0 Å². The molecule has 0 saturated carbocycles. The molecule has 0 aliphatic carbocycles. The van der Waals surface area contributed by atoms with E-state index < -0.39 is 11.9 Å². The third-order valence-corrected chi connectivity index (χ3v) is 3.94. The van der Waals surface area contributed by atoms with E-state index in [0.29, 0.717) is 13.0 Å². The van der Waals surface area contributed by atoms with Crippen LogP contribution in [-0.4, -0.2) is 37.1 Å². The van der Waals surface area contributed by atoms with Gasteiger partial charge in [0.15, 0.2) is 0 Å². The maximum atomic E-state index is 11.4. The van der Waals surface area contributed by atoms with Gasteiger partial charge in [0.25, 0.3) is 0 Å². The number of thiazole rings is 1. The lowest BCUT2D eigenvalue weighted by molar-refractivity contribution is -0.154. The number of ether oxygens (including phenoxy) is 2. The van der Waals surface area contributed by atoms with Crippen molar-refractivity contribution >= 4 is 23.2 Å². The van der Waals surface area contributed by atoms with Gasteiger partial charge in [0.2, 0.25) is 0 Å². The lowest BCUT2D eigenvalue weighted by Gasteiger charge is -2.05. The van der Waals surface area contributed by atoms with E-state index in [1.54, 1.807) is 14.0 Å². The summed E-state index contributed by atoms with van der Waals surface area (Å²) in [6.07, 6.45) is 0.538. The van der Waals surface area contributed by atoms with Gasteiger partial charge in [-0.2, -0.15) is 0 Å². The Kier molecular flexibility index (Phi) is 6.10. The van der Waals surface area contributed by atoms with Crippen LogP contribution in [0.4, 0.5) is 0 Å². The predicted molar refractivity (Wildman–Crippen MR) is 87.4 cm³/mol. The van der Waals surface area contributed by atoms with Gasteiger partial charge >= 0.3 is 11.9 Å². The predicted octanol–water partition coefficient (Wildman–Crippen LogP) is 2.04. The fourth-order valence-corrected chi connectivity index (χ4v) is 2.82. The second-order valence-electron chi connectivity index (χ2n) is 4.57. The monoisotopic (exact) mass is 334 g/mol. The van der Waals surface area contributed by atoms with Crippen LogP contribution in [0.3, 0.4) is 0 Å². The minimum absolute atomic E-state index is 0.181. The molecule has 1 amide bonds. The molecule has 0 bridgehead atoms. The maximum Gasteiger partial charge on any atom is 0.396 e. The number of carbonyl (C=O) groups is 2. The van der Waals surface area contributed by atoms with Gasteiger partial charge in [-0.15, -0.1) is 11.3 Å². The number of amides is 1. The van der Waals surface area contributed by atoms with Crippen LogP contribution < -0.4 is 10.1 Å². The molecule has 0 aliphatic heterocycles. The van der Waals surface area contributed by atoms with Gasteiger partial charge in [-0.3, -0.25) is 4.79 Å². The zero-order valence-electron chi connectivity index (χ0n) is 13.0. The number of nitrogens with zero attached hydrogens (tertiary/aromatic N) is 1. The fraction of sp³-hybridized carbons (Fsp3) is 0.312. The molecule has 0 spiro atoms. The molecule has 6 nitrogen and oxygen atoms in total. The lowest BCUT2D eigenvalue weighted by Crippen LogP contribution is -2.33. The number of para-hydroxylation sites is 1. The third kappa shape index (κ3) is 4.53. The van der Waals surface area contributed by atoms with Crippen molar-refractivity contribution in [2.75, 3.05) is 20.3 Å². The molecule has 7 heteroatoms. The van der Waals surface area contributed by atoms with Crippen molar-refractivity contribution in [2.24, 2.45) is 0 Å². The van der Waals surface area contributed by atoms with Crippen molar-refractivity contribution in [3.8, 4) is 16.3 Å². The molecular weight excluding hydrogens is 316 g/mol. The van der Waals surface area contributed by atoms with Gasteiger partial charge in [0, 0.05) is 18.3 Å². The summed E-state index contributed by atoms with van der Waals surface area (Å²) < 4.78 is 9.94. The second-order valence-corrected chi connectivity index (χ2v) is 5.43. The van der Waals surface area contributed by atoms with Gasteiger partial charge in [-0.25, -0.2) is 9.78 Å². The average Bonchev–Trinajstić information content (AvgIpc) is 3.03. The van der Waals surface area contributed by atoms with Crippen molar-refractivity contribution in [2.45, 2.75) is 13.3 Å². The molecule has 1 heterocycles. The van der Waals surface area contributed by atoms with E-state index in [1.807, 2.05) is 29.6 Å². The standard InChI is InChI=1S/C16H18N2O4S/c1-3-22-16(20)14(19)17-9-8-11-10-23-15(18-11)12-6-4-5-7-13(12)21-2/h4-7,10H,3,8-9H2,1-2H3,(H,17,19). The highest BCUT2D eigenvalue weighted by atomic mass is 32.1. The van der Waals surface area contributed by atoms with Crippen molar-refractivity contribution in [1.29, 1.82) is 0 Å². The Morgan fingerprint density at radius 2 is 2.09 bits per heavy atom. The van der Waals surface area contributed by atoms with Crippen LogP contribution in [0.1, 0.15) is 12.6 Å². The zero-order chi connectivity index (χ0) is 16.7. The van der Waals surface area contributed by atoms with Gasteiger partial charge in [-0.05, 0) is 19.1 Å². The second kappa shape index (κ2) is 8.28. The Bertz CT molecular complexity index is 684. The molecule has 122 valence electrons. The summed E-state index contributed by atoms with van der Waals surface area (Å²) in [7, 11) is 1.62. The first-order chi connectivity index (χ1) is 11.2. The SMILES string of the molecule is CCOC(=O)C(=O)NCCc1csc(-c2ccccc2OC)n1. The van der Waals surface area contributed by atoms with Crippen LogP contribution >= 0.6 is 11.3 Å². The van der Waals surface area contributed by atoms with E-state index in [9.17, 15) is 9.59 Å². The smallest absolute Gasteiger partial charge is 0.396 e. The number of methoxy groups -OCH3 is 1. The number of nitrogens with one attached hydrogen (secondary N) is 1. The molecule has 23 heavy (non-hydrogen) atoms. The third-order valence-electron chi connectivity index (χ3n) is 3.02. The number of esters is 1. The first-order valence-corrected chi connectivity index (χ1v) is 8.06. The van der Waals surface area contributed by atoms with E-state index in [1.165, 1.54) is 11.3 Å². The summed E-state index contributed by atoms with van der Waals surface area (Å²) in [5.41, 5.74) is 1.78. The highest BCUT2D eigenvalue weighted by Gasteiger charge is 2.14. The van der Waals surface area contributed by atoms with E-state index >= 15 is 0 Å². The number of carbonyl (C=O) groups excluding carboxylic acids is 2. The quantitative estimate of drug-likeness (QED) is 0.646. The summed E-state index contributed by atoms with van der Waals surface area (Å²) in [6, 6.07) is 7.67. The molecule has 1 aromatic heterocycles. The number of hydrogen-bond donors (Lipinski definition) is 1. The van der Waals surface area contributed by atoms with Gasteiger partial charge in [0.1, 0.15) is 10.8 Å². The Morgan fingerprint density at radius 3 is 2.83 bits per heavy atom. The van der Waals surface area contributed by atoms with Crippen LogP contribution in [0.2, 0.25) is 0 Å². The highest BCUT2D eigenvalue weighted by molar-refractivity contribution is 7.13. The van der Waals surface area contributed by atoms with Crippen LogP contribution in [0.5, 0.6) is 5.75 Å². The summed E-state index contributed by atoms with van der Waals surface area (Å²) in [5.74, 6) is -0.823. The number of aromatic nitrogens is 1. The first-order valence-electron chi connectivity index (χ1n) is 7.18. The molecule has 0 aliphatic rings.